The van der Waals surface area contributed by atoms with Gasteiger partial charge in [-0.05, 0) is 37.1 Å². The molecule has 2 aromatic rings. The van der Waals surface area contributed by atoms with Gasteiger partial charge in [-0.1, -0.05) is 12.1 Å². The summed E-state index contributed by atoms with van der Waals surface area (Å²) in [6, 6.07) is 11.9. The molecule has 23 heavy (non-hydrogen) atoms. The minimum Gasteiger partial charge on any atom is -0.485 e. The lowest BCUT2D eigenvalue weighted by molar-refractivity contribution is -0.142. The molecule has 0 radical (unpaired) electrons. The number of nitrogens with zero attached hydrogens (tertiary/aromatic N) is 2. The standard InChI is InChI=1S/C18H20N2O3/c1-19-10-4-5-14(19)11-20(13-8-9-13)18(21)17-12-22-15-6-2-3-7-16(15)23-17/h2-7,10,13,17H,8-9,11-12H2,1H3/t17-/m1/s1. The van der Waals surface area contributed by atoms with Crippen molar-refractivity contribution in [2.45, 2.75) is 31.5 Å². The van der Waals surface area contributed by atoms with E-state index in [9.17, 15) is 4.79 Å². The van der Waals surface area contributed by atoms with E-state index >= 15 is 0 Å². The Kier molecular flexibility index (Phi) is 3.48. The van der Waals surface area contributed by atoms with E-state index in [-0.39, 0.29) is 12.5 Å². The molecule has 0 spiro atoms. The van der Waals surface area contributed by atoms with Crippen LogP contribution in [0.3, 0.4) is 0 Å². The molecule has 5 heteroatoms. The van der Waals surface area contributed by atoms with E-state index in [0.717, 1.165) is 18.5 Å². The highest BCUT2D eigenvalue weighted by Crippen LogP contribution is 2.34. The summed E-state index contributed by atoms with van der Waals surface area (Å²) in [6.07, 6.45) is 3.58. The van der Waals surface area contributed by atoms with Gasteiger partial charge in [0.15, 0.2) is 11.5 Å². The Morgan fingerprint density at radius 3 is 2.70 bits per heavy atom. The van der Waals surface area contributed by atoms with Crippen LogP contribution in [0.25, 0.3) is 0 Å². The van der Waals surface area contributed by atoms with Gasteiger partial charge in [0.25, 0.3) is 5.91 Å². The second-order valence-electron chi connectivity index (χ2n) is 6.17. The lowest BCUT2D eigenvalue weighted by Crippen LogP contribution is -2.47. The summed E-state index contributed by atoms with van der Waals surface area (Å²) in [5.74, 6) is 1.37. The number of ether oxygens (including phenoxy) is 2. The lowest BCUT2D eigenvalue weighted by atomic mass is 10.2. The van der Waals surface area contributed by atoms with Crippen LogP contribution < -0.4 is 9.47 Å². The molecule has 0 bridgehead atoms. The zero-order valence-corrected chi connectivity index (χ0v) is 13.1. The summed E-state index contributed by atoms with van der Waals surface area (Å²) in [4.78, 5) is 14.9. The molecule has 2 heterocycles. The van der Waals surface area contributed by atoms with Gasteiger partial charge >= 0.3 is 0 Å². The molecule has 1 aliphatic heterocycles. The fourth-order valence-corrected chi connectivity index (χ4v) is 2.93. The predicted molar refractivity (Wildman–Crippen MR) is 85.3 cm³/mol. The third kappa shape index (κ3) is 2.79. The summed E-state index contributed by atoms with van der Waals surface area (Å²) < 4.78 is 13.6. The number of benzene rings is 1. The molecule has 1 saturated carbocycles. The molecule has 1 aromatic carbocycles. The van der Waals surface area contributed by atoms with Crippen LogP contribution >= 0.6 is 0 Å². The number of aromatic nitrogens is 1. The third-order valence-corrected chi connectivity index (χ3v) is 4.44. The van der Waals surface area contributed by atoms with Crippen LogP contribution in [0.5, 0.6) is 11.5 Å². The molecule has 1 aromatic heterocycles. The number of hydrogen-bond donors (Lipinski definition) is 0. The summed E-state index contributed by atoms with van der Waals surface area (Å²) >= 11 is 0. The number of fused-ring (bicyclic) bond motifs is 1. The van der Waals surface area contributed by atoms with Gasteiger partial charge < -0.3 is 18.9 Å². The SMILES string of the molecule is Cn1cccc1CN(C(=O)[C@H]1COc2ccccc2O1)C1CC1. The lowest BCUT2D eigenvalue weighted by Gasteiger charge is -2.31. The topological polar surface area (TPSA) is 43.7 Å². The van der Waals surface area contributed by atoms with Gasteiger partial charge in [0.1, 0.15) is 6.61 Å². The molecule has 1 atom stereocenters. The van der Waals surface area contributed by atoms with E-state index < -0.39 is 6.10 Å². The van der Waals surface area contributed by atoms with Crippen LogP contribution in [-0.2, 0) is 18.4 Å². The van der Waals surface area contributed by atoms with E-state index in [1.165, 1.54) is 0 Å². The highest BCUT2D eigenvalue weighted by Gasteiger charge is 2.38. The van der Waals surface area contributed by atoms with Crippen LogP contribution in [0.15, 0.2) is 42.6 Å². The minimum absolute atomic E-state index is 0.0169. The molecule has 120 valence electrons. The molecule has 1 amide bonds. The maximum absolute atomic E-state index is 12.9. The molecule has 2 aliphatic rings. The van der Waals surface area contributed by atoms with Crippen LogP contribution in [0.1, 0.15) is 18.5 Å². The number of para-hydroxylation sites is 2. The van der Waals surface area contributed by atoms with Crippen molar-refractivity contribution in [1.82, 2.24) is 9.47 Å². The van der Waals surface area contributed by atoms with Crippen molar-refractivity contribution < 1.29 is 14.3 Å². The fourth-order valence-electron chi connectivity index (χ4n) is 2.93. The van der Waals surface area contributed by atoms with E-state index in [1.807, 2.05) is 48.5 Å². The van der Waals surface area contributed by atoms with Crippen molar-refractivity contribution in [3.8, 4) is 11.5 Å². The van der Waals surface area contributed by atoms with Crippen molar-refractivity contribution in [2.75, 3.05) is 6.61 Å². The number of aryl methyl sites for hydroxylation is 1. The molecule has 1 fully saturated rings. The molecule has 1 aliphatic carbocycles. The van der Waals surface area contributed by atoms with Crippen molar-refractivity contribution in [3.05, 3.63) is 48.3 Å². The van der Waals surface area contributed by atoms with E-state index in [1.54, 1.807) is 0 Å². The normalized spacial score (nSPS) is 19.4. The molecule has 0 unspecified atom stereocenters. The largest absolute Gasteiger partial charge is 0.485 e. The fraction of sp³-hybridized carbons (Fsp3) is 0.389. The van der Waals surface area contributed by atoms with Crippen molar-refractivity contribution in [1.29, 1.82) is 0 Å². The zero-order valence-electron chi connectivity index (χ0n) is 13.1. The predicted octanol–water partition coefficient (Wildman–Crippen LogP) is 2.36. The average Bonchev–Trinajstić information content (AvgIpc) is 3.34. The number of rotatable bonds is 4. The first kappa shape index (κ1) is 14.2. The number of hydrogen-bond acceptors (Lipinski definition) is 3. The van der Waals surface area contributed by atoms with Crippen molar-refractivity contribution >= 4 is 5.91 Å². The molecule has 4 rings (SSSR count). The second kappa shape index (κ2) is 5.65. The second-order valence-corrected chi connectivity index (χ2v) is 6.17. The first-order chi connectivity index (χ1) is 11.2. The highest BCUT2D eigenvalue weighted by molar-refractivity contribution is 5.82. The van der Waals surface area contributed by atoms with Gasteiger partial charge in [0.2, 0.25) is 6.10 Å². The van der Waals surface area contributed by atoms with Gasteiger partial charge in [-0.15, -0.1) is 0 Å². The Labute approximate surface area is 135 Å². The first-order valence-corrected chi connectivity index (χ1v) is 8.01. The molecule has 5 nitrogen and oxygen atoms in total. The Morgan fingerprint density at radius 2 is 2.00 bits per heavy atom. The van der Waals surface area contributed by atoms with Gasteiger partial charge in [0, 0.05) is 25.0 Å². The Balaban J connectivity index is 1.51. The van der Waals surface area contributed by atoms with Crippen molar-refractivity contribution in [2.24, 2.45) is 7.05 Å². The molecule has 0 saturated heterocycles. The van der Waals surface area contributed by atoms with Crippen LogP contribution in [0, 0.1) is 0 Å². The summed E-state index contributed by atoms with van der Waals surface area (Å²) in [5.41, 5.74) is 1.13. The summed E-state index contributed by atoms with van der Waals surface area (Å²) in [7, 11) is 2.00. The van der Waals surface area contributed by atoms with Crippen LogP contribution in [0.2, 0.25) is 0 Å². The number of carbonyl (C=O) groups is 1. The molecule has 0 N–H and O–H groups in total. The Hall–Kier alpha value is -2.43. The molecular formula is C18H20N2O3. The van der Waals surface area contributed by atoms with Gasteiger partial charge in [-0.3, -0.25) is 4.79 Å². The third-order valence-electron chi connectivity index (χ3n) is 4.44. The van der Waals surface area contributed by atoms with Crippen LogP contribution in [0.4, 0.5) is 0 Å². The van der Waals surface area contributed by atoms with Gasteiger partial charge in [-0.2, -0.15) is 0 Å². The van der Waals surface area contributed by atoms with Crippen LogP contribution in [-0.4, -0.2) is 34.1 Å². The van der Waals surface area contributed by atoms with Gasteiger partial charge in [0.05, 0.1) is 6.54 Å². The number of carbonyl (C=O) groups excluding carboxylic acids is 1. The smallest absolute Gasteiger partial charge is 0.267 e. The van der Waals surface area contributed by atoms with E-state index in [4.69, 9.17) is 9.47 Å². The highest BCUT2D eigenvalue weighted by atomic mass is 16.6. The summed E-state index contributed by atoms with van der Waals surface area (Å²) in [6.45, 7) is 0.890. The number of amides is 1. The van der Waals surface area contributed by atoms with E-state index in [2.05, 4.69) is 10.6 Å². The maximum atomic E-state index is 12.9. The van der Waals surface area contributed by atoms with Crippen molar-refractivity contribution in [3.63, 3.8) is 0 Å². The van der Waals surface area contributed by atoms with Gasteiger partial charge in [-0.25, -0.2) is 0 Å². The van der Waals surface area contributed by atoms with E-state index in [0.29, 0.717) is 24.1 Å². The Bertz CT molecular complexity index is 721. The summed E-state index contributed by atoms with van der Waals surface area (Å²) in [5, 5.41) is 0. The average molecular weight is 312 g/mol. The zero-order chi connectivity index (χ0) is 15.8. The quantitative estimate of drug-likeness (QED) is 0.870. The monoisotopic (exact) mass is 312 g/mol. The minimum atomic E-state index is -0.564. The molecular weight excluding hydrogens is 292 g/mol. The first-order valence-electron chi connectivity index (χ1n) is 8.01. The Morgan fingerprint density at radius 1 is 1.22 bits per heavy atom. The maximum Gasteiger partial charge on any atom is 0.267 e.